The SMILES string of the molecule is CCCCOc1cc(CCS(=O)(=O)OC(=O)NC(C)C(C)C)n(Cc2ccc(Cl)cc2Cl)n1. The van der Waals surface area contributed by atoms with E-state index >= 15 is 0 Å². The monoisotopic (exact) mass is 519 g/mol. The van der Waals surface area contributed by atoms with Crippen LogP contribution in [0.4, 0.5) is 4.79 Å². The molecule has 1 N–H and O–H groups in total. The molecule has 0 fully saturated rings. The van der Waals surface area contributed by atoms with Crippen LogP contribution in [0.5, 0.6) is 5.88 Å². The molecule has 33 heavy (non-hydrogen) atoms. The van der Waals surface area contributed by atoms with E-state index in [0.717, 1.165) is 18.4 Å². The average Bonchev–Trinajstić information content (AvgIpc) is 3.10. The first-order valence-corrected chi connectivity index (χ1v) is 13.2. The Morgan fingerprint density at radius 3 is 2.58 bits per heavy atom. The standard InChI is InChI=1S/C22H31Cl2N3O5S/c1-5-6-10-31-21-13-19(27(26-21)14-17-7-8-18(23)12-20(17)24)9-11-33(29,30)32-22(28)25-16(4)15(2)3/h7-8,12-13,15-16H,5-6,9-11,14H2,1-4H3,(H,25,28). The molecule has 0 aliphatic carbocycles. The average molecular weight is 520 g/mol. The molecule has 2 rings (SSSR count). The summed E-state index contributed by atoms with van der Waals surface area (Å²) in [5, 5.41) is 7.96. The fourth-order valence-electron chi connectivity index (χ4n) is 2.73. The van der Waals surface area contributed by atoms with Gasteiger partial charge in [-0.15, -0.1) is 5.10 Å². The molecular weight excluding hydrogens is 489 g/mol. The van der Waals surface area contributed by atoms with E-state index in [1.54, 1.807) is 35.9 Å². The molecule has 1 heterocycles. The van der Waals surface area contributed by atoms with E-state index in [9.17, 15) is 13.2 Å². The predicted molar refractivity (Wildman–Crippen MR) is 130 cm³/mol. The number of aryl methyl sites for hydroxylation is 1. The fourth-order valence-corrected chi connectivity index (χ4v) is 4.02. The number of nitrogens with zero attached hydrogens (tertiary/aromatic N) is 2. The first-order chi connectivity index (χ1) is 15.5. The minimum atomic E-state index is -4.10. The number of hydrogen-bond acceptors (Lipinski definition) is 6. The van der Waals surface area contributed by atoms with E-state index in [1.165, 1.54) is 0 Å². The molecule has 8 nitrogen and oxygen atoms in total. The number of benzene rings is 1. The Morgan fingerprint density at radius 2 is 1.94 bits per heavy atom. The van der Waals surface area contributed by atoms with E-state index in [4.69, 9.17) is 27.9 Å². The third kappa shape index (κ3) is 9.06. The van der Waals surface area contributed by atoms with E-state index in [1.807, 2.05) is 13.8 Å². The van der Waals surface area contributed by atoms with Gasteiger partial charge in [0.15, 0.2) is 0 Å². The lowest BCUT2D eigenvalue weighted by atomic mass is 10.1. The molecule has 1 aromatic carbocycles. The molecule has 0 aliphatic rings. The Hall–Kier alpha value is -1.97. The molecule has 0 bridgehead atoms. The maximum Gasteiger partial charge on any atom is 0.423 e. The van der Waals surface area contributed by atoms with Crippen molar-refractivity contribution in [1.29, 1.82) is 0 Å². The summed E-state index contributed by atoms with van der Waals surface area (Å²) in [7, 11) is -4.10. The third-order valence-electron chi connectivity index (χ3n) is 5.08. The molecule has 1 unspecified atom stereocenters. The molecule has 0 spiro atoms. The van der Waals surface area contributed by atoms with Crippen molar-refractivity contribution in [2.24, 2.45) is 5.92 Å². The van der Waals surface area contributed by atoms with Crippen molar-refractivity contribution in [2.75, 3.05) is 12.4 Å². The van der Waals surface area contributed by atoms with Crippen molar-refractivity contribution in [3.05, 3.63) is 45.6 Å². The molecule has 2 aromatic rings. The number of carbonyl (C=O) groups is 1. The zero-order valence-electron chi connectivity index (χ0n) is 19.3. The van der Waals surface area contributed by atoms with E-state index in [2.05, 4.69) is 21.5 Å². The fraction of sp³-hybridized carbons (Fsp3) is 0.545. The van der Waals surface area contributed by atoms with Gasteiger partial charge in [0.05, 0.1) is 18.9 Å². The number of amides is 1. The molecule has 0 aliphatic heterocycles. The van der Waals surface area contributed by atoms with Crippen LogP contribution >= 0.6 is 23.2 Å². The van der Waals surface area contributed by atoms with Crippen molar-refractivity contribution < 1.29 is 22.1 Å². The second-order valence-corrected chi connectivity index (χ2v) is 10.7. The van der Waals surface area contributed by atoms with Gasteiger partial charge in [-0.05, 0) is 37.0 Å². The number of halogens is 2. The van der Waals surface area contributed by atoms with Crippen LogP contribution in [-0.2, 0) is 27.3 Å². The molecule has 184 valence electrons. The summed E-state index contributed by atoms with van der Waals surface area (Å²) < 4.78 is 36.7. The van der Waals surface area contributed by atoms with Crippen LogP contribution < -0.4 is 10.1 Å². The zero-order valence-corrected chi connectivity index (χ0v) is 21.6. The molecular formula is C22H31Cl2N3O5S. The predicted octanol–water partition coefficient (Wildman–Crippen LogP) is 5.06. The quantitative estimate of drug-likeness (QED) is 0.310. The van der Waals surface area contributed by atoms with E-state index < -0.39 is 22.0 Å². The Bertz CT molecular complexity index is 1040. The first kappa shape index (κ1) is 27.3. The molecule has 11 heteroatoms. The van der Waals surface area contributed by atoms with Crippen LogP contribution in [0, 0.1) is 5.92 Å². The number of nitrogens with one attached hydrogen (secondary N) is 1. The molecule has 0 saturated heterocycles. The van der Waals surface area contributed by atoms with Crippen LogP contribution in [0.2, 0.25) is 10.0 Å². The van der Waals surface area contributed by atoms with Gasteiger partial charge in [-0.2, -0.15) is 8.42 Å². The van der Waals surface area contributed by atoms with Crippen molar-refractivity contribution in [1.82, 2.24) is 15.1 Å². The van der Waals surface area contributed by atoms with Gasteiger partial charge in [-0.25, -0.2) is 4.79 Å². The zero-order chi connectivity index (χ0) is 24.6. The summed E-state index contributed by atoms with van der Waals surface area (Å²) in [5.41, 5.74) is 1.38. The van der Waals surface area contributed by atoms with Crippen molar-refractivity contribution >= 4 is 39.4 Å². The van der Waals surface area contributed by atoms with Gasteiger partial charge in [0, 0.05) is 34.3 Å². The number of carbonyl (C=O) groups excluding carboxylic acids is 1. The third-order valence-corrected chi connectivity index (χ3v) is 6.78. The Morgan fingerprint density at radius 1 is 1.21 bits per heavy atom. The van der Waals surface area contributed by atoms with Crippen molar-refractivity contribution in [3.8, 4) is 5.88 Å². The second-order valence-electron chi connectivity index (χ2n) is 8.13. The highest BCUT2D eigenvalue weighted by molar-refractivity contribution is 7.87. The first-order valence-electron chi connectivity index (χ1n) is 10.9. The molecule has 0 radical (unpaired) electrons. The van der Waals surface area contributed by atoms with E-state index in [0.29, 0.717) is 34.8 Å². The van der Waals surface area contributed by atoms with Gasteiger partial charge in [0.1, 0.15) is 0 Å². The van der Waals surface area contributed by atoms with Gasteiger partial charge >= 0.3 is 16.2 Å². The van der Waals surface area contributed by atoms with Crippen LogP contribution in [0.25, 0.3) is 0 Å². The molecule has 1 aromatic heterocycles. The van der Waals surface area contributed by atoms with Gasteiger partial charge in [-0.1, -0.05) is 56.5 Å². The molecule has 1 amide bonds. The van der Waals surface area contributed by atoms with Crippen molar-refractivity contribution in [3.63, 3.8) is 0 Å². The summed E-state index contributed by atoms with van der Waals surface area (Å²) in [6.45, 7) is 8.46. The number of rotatable bonds is 12. The topological polar surface area (TPSA) is 99.5 Å². The number of hydrogen-bond donors (Lipinski definition) is 1. The number of aromatic nitrogens is 2. The summed E-state index contributed by atoms with van der Waals surface area (Å²) in [5.74, 6) is 0.135. The smallest absolute Gasteiger partial charge is 0.423 e. The highest BCUT2D eigenvalue weighted by Gasteiger charge is 2.21. The minimum absolute atomic E-state index is 0.0741. The number of unbranched alkanes of at least 4 members (excludes halogenated alkanes) is 1. The lowest BCUT2D eigenvalue weighted by molar-refractivity contribution is 0.195. The number of ether oxygens (including phenoxy) is 1. The largest absolute Gasteiger partial charge is 0.477 e. The Kier molecular flexibility index (Phi) is 10.3. The van der Waals surface area contributed by atoms with Gasteiger partial charge in [0.2, 0.25) is 5.88 Å². The maximum atomic E-state index is 12.4. The van der Waals surface area contributed by atoms with Gasteiger partial charge in [0.25, 0.3) is 0 Å². The Balaban J connectivity index is 2.13. The lowest BCUT2D eigenvalue weighted by Gasteiger charge is -2.16. The minimum Gasteiger partial charge on any atom is -0.477 e. The van der Waals surface area contributed by atoms with E-state index in [-0.39, 0.29) is 18.4 Å². The lowest BCUT2D eigenvalue weighted by Crippen LogP contribution is -2.38. The normalized spacial score (nSPS) is 12.6. The van der Waals surface area contributed by atoms with Crippen molar-refractivity contribution in [2.45, 2.75) is 59.5 Å². The van der Waals surface area contributed by atoms with Crippen LogP contribution in [0.1, 0.15) is 51.8 Å². The summed E-state index contributed by atoms with van der Waals surface area (Å²) in [4.78, 5) is 11.9. The highest BCUT2D eigenvalue weighted by atomic mass is 35.5. The van der Waals surface area contributed by atoms with Crippen LogP contribution in [0.3, 0.4) is 0 Å². The summed E-state index contributed by atoms with van der Waals surface area (Å²) in [6, 6.07) is 6.61. The summed E-state index contributed by atoms with van der Waals surface area (Å²) >= 11 is 12.3. The van der Waals surface area contributed by atoms with Crippen LogP contribution in [0.15, 0.2) is 24.3 Å². The van der Waals surface area contributed by atoms with Gasteiger partial charge < -0.3 is 14.2 Å². The maximum absolute atomic E-state index is 12.4. The van der Waals surface area contributed by atoms with Crippen LogP contribution in [-0.4, -0.2) is 42.7 Å². The van der Waals surface area contributed by atoms with Gasteiger partial charge in [-0.3, -0.25) is 4.68 Å². The Labute approximate surface area is 205 Å². The highest BCUT2D eigenvalue weighted by Crippen LogP contribution is 2.23. The molecule has 1 atom stereocenters. The summed E-state index contributed by atoms with van der Waals surface area (Å²) in [6.07, 6.45) is 0.935. The second kappa shape index (κ2) is 12.5. The molecule has 0 saturated carbocycles.